The number of halogens is 2. The van der Waals surface area contributed by atoms with Crippen LogP contribution in [-0.4, -0.2) is 8.14 Å². The van der Waals surface area contributed by atoms with Crippen molar-refractivity contribution in [3.63, 3.8) is 0 Å². The molecule has 0 atom stereocenters. The molecule has 2 rings (SSSR count). The maximum Gasteiger partial charge on any atom is 0.222 e. The van der Waals surface area contributed by atoms with E-state index in [2.05, 4.69) is 0 Å². The van der Waals surface area contributed by atoms with Crippen molar-refractivity contribution in [3.8, 4) is 0 Å². The van der Waals surface area contributed by atoms with Crippen molar-refractivity contribution in [2.75, 3.05) is 0 Å². The fourth-order valence-corrected chi connectivity index (χ4v) is 3.21. The summed E-state index contributed by atoms with van der Waals surface area (Å²) in [5, 5.41) is 0. The molecule has 2 fully saturated rings. The minimum atomic E-state index is -0.639. The van der Waals surface area contributed by atoms with Crippen LogP contribution in [0.5, 0.6) is 0 Å². The van der Waals surface area contributed by atoms with E-state index < -0.39 is 8.14 Å². The van der Waals surface area contributed by atoms with Gasteiger partial charge in [-0.05, 0) is 11.8 Å². The molecule has 0 heterocycles. The van der Waals surface area contributed by atoms with Gasteiger partial charge in [0.25, 0.3) is 0 Å². The summed E-state index contributed by atoms with van der Waals surface area (Å²) in [7, 11) is -0.639. The van der Waals surface area contributed by atoms with Gasteiger partial charge < -0.3 is 0 Å². The molecule has 2 aliphatic carbocycles. The van der Waals surface area contributed by atoms with Gasteiger partial charge in [-0.3, -0.25) is 0 Å². The average Bonchev–Trinajstić information content (AvgIpc) is 2.32. The molecular formula is C12H24Cl2Si. The molecule has 0 aromatic rings. The molecule has 0 aromatic carbocycles. The second kappa shape index (κ2) is 8.89. The fourth-order valence-electron chi connectivity index (χ4n) is 3.21. The van der Waals surface area contributed by atoms with Gasteiger partial charge in [-0.25, -0.2) is 0 Å². The van der Waals surface area contributed by atoms with Gasteiger partial charge in [-0.1, -0.05) is 64.2 Å². The second-order valence-electron chi connectivity index (χ2n) is 4.90. The Kier molecular flexibility index (Phi) is 8.22. The van der Waals surface area contributed by atoms with Crippen molar-refractivity contribution in [2.45, 2.75) is 64.2 Å². The Hall–Kier alpha value is 0.797. The monoisotopic (exact) mass is 266 g/mol. The molecule has 0 nitrogen and oxygen atoms in total. The molecule has 0 unspecified atom stereocenters. The zero-order chi connectivity index (χ0) is 10.9. The molecular weight excluding hydrogens is 243 g/mol. The SMILES string of the molecule is C1CCC(C2CCCCC2)CC1.Cl[SiH2]Cl. The number of hydrogen-bond acceptors (Lipinski definition) is 0. The second-order valence-corrected chi connectivity index (χ2v) is 7.52. The number of hydrogen-bond donors (Lipinski definition) is 0. The lowest BCUT2D eigenvalue weighted by Gasteiger charge is -2.32. The molecule has 0 N–H and O–H groups in total. The molecule has 2 saturated carbocycles. The molecule has 15 heavy (non-hydrogen) atoms. The Morgan fingerprint density at radius 2 is 0.867 bits per heavy atom. The molecule has 0 aromatic heterocycles. The van der Waals surface area contributed by atoms with Gasteiger partial charge in [0.1, 0.15) is 0 Å². The Labute approximate surface area is 106 Å². The largest absolute Gasteiger partial charge is 0.222 e. The van der Waals surface area contributed by atoms with Crippen LogP contribution in [0.1, 0.15) is 64.2 Å². The normalized spacial score (nSPS) is 24.4. The molecule has 90 valence electrons. The highest BCUT2D eigenvalue weighted by molar-refractivity contribution is 7.22. The van der Waals surface area contributed by atoms with Crippen LogP contribution in [0.25, 0.3) is 0 Å². The van der Waals surface area contributed by atoms with Gasteiger partial charge in [-0.2, -0.15) is 22.2 Å². The third kappa shape index (κ3) is 5.60. The molecule has 3 heteroatoms. The van der Waals surface area contributed by atoms with Crippen LogP contribution in [-0.2, 0) is 0 Å². The summed E-state index contributed by atoms with van der Waals surface area (Å²) >= 11 is 9.81. The predicted octanol–water partition coefficient (Wildman–Crippen LogP) is 4.61. The van der Waals surface area contributed by atoms with E-state index in [9.17, 15) is 0 Å². The van der Waals surface area contributed by atoms with Crippen molar-refractivity contribution < 1.29 is 0 Å². The molecule has 0 spiro atoms. The summed E-state index contributed by atoms with van der Waals surface area (Å²) in [5.41, 5.74) is 0. The van der Waals surface area contributed by atoms with E-state index in [4.69, 9.17) is 22.2 Å². The predicted molar refractivity (Wildman–Crippen MR) is 73.4 cm³/mol. The molecule has 0 saturated heterocycles. The van der Waals surface area contributed by atoms with Gasteiger partial charge in [0.15, 0.2) is 0 Å². The first-order valence-electron chi connectivity index (χ1n) is 6.50. The van der Waals surface area contributed by atoms with Gasteiger partial charge in [0.2, 0.25) is 8.14 Å². The molecule has 0 bridgehead atoms. The Balaban J connectivity index is 0.000000337. The van der Waals surface area contributed by atoms with E-state index in [1.165, 1.54) is 38.5 Å². The van der Waals surface area contributed by atoms with Gasteiger partial charge in [-0.15, -0.1) is 0 Å². The van der Waals surface area contributed by atoms with Crippen LogP contribution in [0.3, 0.4) is 0 Å². The average molecular weight is 267 g/mol. The highest BCUT2D eigenvalue weighted by Crippen LogP contribution is 2.37. The topological polar surface area (TPSA) is 0 Å². The van der Waals surface area contributed by atoms with Crippen LogP contribution >= 0.6 is 22.2 Å². The molecule has 0 amide bonds. The Morgan fingerprint density at radius 1 is 0.600 bits per heavy atom. The fraction of sp³-hybridized carbons (Fsp3) is 1.00. The summed E-state index contributed by atoms with van der Waals surface area (Å²) in [6.07, 6.45) is 15.4. The standard InChI is InChI=1S/C12H22.Cl2H2Si/c1-3-7-11(8-4-1)12-9-5-2-6-10-12;1-3-2/h11-12H,1-10H2;3H2. The van der Waals surface area contributed by atoms with E-state index >= 15 is 0 Å². The summed E-state index contributed by atoms with van der Waals surface area (Å²) in [6, 6.07) is 0. The quantitative estimate of drug-likeness (QED) is 0.481. The van der Waals surface area contributed by atoms with Crippen LogP contribution < -0.4 is 0 Å². The molecule has 2 aliphatic rings. The first-order valence-corrected chi connectivity index (χ1v) is 10.8. The first-order chi connectivity index (χ1) is 7.38. The van der Waals surface area contributed by atoms with Crippen molar-refractivity contribution in [3.05, 3.63) is 0 Å². The van der Waals surface area contributed by atoms with E-state index in [0.717, 1.165) is 11.8 Å². The van der Waals surface area contributed by atoms with Crippen molar-refractivity contribution >= 4 is 30.3 Å². The van der Waals surface area contributed by atoms with Gasteiger partial charge in [0, 0.05) is 0 Å². The smallest absolute Gasteiger partial charge is 0.155 e. The summed E-state index contributed by atoms with van der Waals surface area (Å²) in [5.74, 6) is 2.28. The summed E-state index contributed by atoms with van der Waals surface area (Å²) < 4.78 is 0. The van der Waals surface area contributed by atoms with Crippen LogP contribution in [0.15, 0.2) is 0 Å². The zero-order valence-corrected chi connectivity index (χ0v) is 12.6. The zero-order valence-electron chi connectivity index (χ0n) is 9.69. The lowest BCUT2D eigenvalue weighted by molar-refractivity contribution is 0.196. The Bertz CT molecular complexity index is 125. The minimum absolute atomic E-state index is 0.639. The van der Waals surface area contributed by atoms with E-state index in [1.807, 2.05) is 0 Å². The van der Waals surface area contributed by atoms with Crippen LogP contribution in [0, 0.1) is 11.8 Å². The molecule has 0 aliphatic heterocycles. The minimum Gasteiger partial charge on any atom is -0.155 e. The highest BCUT2D eigenvalue weighted by atomic mass is 35.7. The number of rotatable bonds is 1. The lowest BCUT2D eigenvalue weighted by atomic mass is 9.73. The first kappa shape index (κ1) is 13.9. The lowest BCUT2D eigenvalue weighted by Crippen LogP contribution is -2.20. The van der Waals surface area contributed by atoms with E-state index in [-0.39, 0.29) is 0 Å². The van der Waals surface area contributed by atoms with Gasteiger partial charge in [0.05, 0.1) is 0 Å². The van der Waals surface area contributed by atoms with Crippen molar-refractivity contribution in [1.82, 2.24) is 0 Å². The van der Waals surface area contributed by atoms with E-state index in [0.29, 0.717) is 0 Å². The molecule has 0 radical (unpaired) electrons. The van der Waals surface area contributed by atoms with Crippen LogP contribution in [0.4, 0.5) is 0 Å². The summed E-state index contributed by atoms with van der Waals surface area (Å²) in [6.45, 7) is 0. The van der Waals surface area contributed by atoms with Crippen molar-refractivity contribution in [2.24, 2.45) is 11.8 Å². The third-order valence-corrected chi connectivity index (χ3v) is 3.97. The summed E-state index contributed by atoms with van der Waals surface area (Å²) in [4.78, 5) is 0. The van der Waals surface area contributed by atoms with Crippen LogP contribution in [0.2, 0.25) is 0 Å². The maximum absolute atomic E-state index is 4.90. The van der Waals surface area contributed by atoms with E-state index in [1.54, 1.807) is 25.7 Å². The Morgan fingerprint density at radius 3 is 1.13 bits per heavy atom. The highest BCUT2D eigenvalue weighted by Gasteiger charge is 2.24. The maximum atomic E-state index is 4.90. The van der Waals surface area contributed by atoms with Crippen molar-refractivity contribution in [1.29, 1.82) is 0 Å². The third-order valence-electron chi connectivity index (χ3n) is 3.97. The van der Waals surface area contributed by atoms with Gasteiger partial charge >= 0.3 is 0 Å².